The van der Waals surface area contributed by atoms with Gasteiger partial charge in [0.15, 0.2) is 0 Å². The molecule has 0 saturated carbocycles. The van der Waals surface area contributed by atoms with Gasteiger partial charge >= 0.3 is 5.97 Å². The van der Waals surface area contributed by atoms with E-state index in [1.807, 2.05) is 0 Å². The van der Waals surface area contributed by atoms with Crippen molar-refractivity contribution in [2.24, 2.45) is 0 Å². The third-order valence-electron chi connectivity index (χ3n) is 2.42. The number of hydrogen-bond donors (Lipinski definition) is 3. The van der Waals surface area contributed by atoms with E-state index >= 15 is 0 Å². The van der Waals surface area contributed by atoms with Crippen LogP contribution >= 0.6 is 34.8 Å². The van der Waals surface area contributed by atoms with Crippen molar-refractivity contribution in [1.82, 2.24) is 4.98 Å². The van der Waals surface area contributed by atoms with Gasteiger partial charge in [-0.05, 0) is 24.3 Å². The maximum atomic E-state index is 11.9. The minimum absolute atomic E-state index is 0.0847. The highest BCUT2D eigenvalue weighted by molar-refractivity contribution is 6.41. The highest BCUT2D eigenvalue weighted by atomic mass is 35.5. The quantitative estimate of drug-likeness (QED) is 0.796. The number of benzene rings is 1. The zero-order valence-corrected chi connectivity index (χ0v) is 12.0. The number of nitrogens with one attached hydrogen (secondary N) is 2. The molecule has 0 aliphatic heterocycles. The number of halogens is 3. The second-order valence-corrected chi connectivity index (χ2v) is 4.99. The van der Waals surface area contributed by atoms with Crippen LogP contribution in [0.25, 0.3) is 0 Å². The third-order valence-corrected chi connectivity index (χ3v) is 3.45. The second-order valence-electron chi connectivity index (χ2n) is 3.80. The van der Waals surface area contributed by atoms with E-state index in [9.17, 15) is 9.59 Å². The van der Waals surface area contributed by atoms with E-state index in [4.69, 9.17) is 39.9 Å². The SMILES string of the molecule is O=C(Nc1ccc(Cl)c(C(=O)O)c1)c1cc(Cl)c(Cl)[nH]1. The Balaban J connectivity index is 2.24. The predicted molar refractivity (Wildman–Crippen MR) is 77.2 cm³/mol. The van der Waals surface area contributed by atoms with E-state index in [0.717, 1.165) is 0 Å². The molecule has 0 aliphatic carbocycles. The molecule has 1 aromatic carbocycles. The van der Waals surface area contributed by atoms with Crippen molar-refractivity contribution in [2.45, 2.75) is 0 Å². The minimum Gasteiger partial charge on any atom is -0.478 e. The molecule has 104 valence electrons. The lowest BCUT2D eigenvalue weighted by molar-refractivity contribution is 0.0696. The molecule has 1 heterocycles. The number of anilines is 1. The lowest BCUT2D eigenvalue weighted by atomic mass is 10.2. The number of carbonyl (C=O) groups is 2. The Hall–Kier alpha value is -1.69. The molecule has 0 bridgehead atoms. The Morgan fingerprint density at radius 1 is 1.10 bits per heavy atom. The Kier molecular flexibility index (Phi) is 4.23. The minimum atomic E-state index is -1.18. The van der Waals surface area contributed by atoms with Crippen LogP contribution in [-0.4, -0.2) is 22.0 Å². The van der Waals surface area contributed by atoms with Crippen LogP contribution in [0.3, 0.4) is 0 Å². The van der Waals surface area contributed by atoms with E-state index < -0.39 is 11.9 Å². The van der Waals surface area contributed by atoms with Crippen LogP contribution < -0.4 is 5.32 Å². The van der Waals surface area contributed by atoms with Gasteiger partial charge in [-0.15, -0.1) is 0 Å². The van der Waals surface area contributed by atoms with Crippen LogP contribution in [0.5, 0.6) is 0 Å². The fraction of sp³-hybridized carbons (Fsp3) is 0. The fourth-order valence-corrected chi connectivity index (χ4v) is 2.00. The number of carboxylic acids is 1. The molecule has 0 aliphatic rings. The molecule has 2 aromatic rings. The third kappa shape index (κ3) is 3.07. The van der Waals surface area contributed by atoms with Gasteiger partial charge in [-0.1, -0.05) is 34.8 Å². The number of carboxylic acid groups (broad SMARTS) is 1. The lowest BCUT2D eigenvalue weighted by Crippen LogP contribution is -2.12. The van der Waals surface area contributed by atoms with Crippen LogP contribution in [0, 0.1) is 0 Å². The Morgan fingerprint density at radius 2 is 1.80 bits per heavy atom. The average molecular weight is 334 g/mol. The van der Waals surface area contributed by atoms with Crippen LogP contribution in [0.4, 0.5) is 5.69 Å². The van der Waals surface area contributed by atoms with Crippen molar-refractivity contribution in [3.05, 3.63) is 50.7 Å². The molecule has 0 fully saturated rings. The molecule has 1 aromatic heterocycles. The van der Waals surface area contributed by atoms with Gasteiger partial charge in [-0.25, -0.2) is 4.79 Å². The first-order valence-corrected chi connectivity index (χ1v) is 6.40. The summed E-state index contributed by atoms with van der Waals surface area (Å²) in [4.78, 5) is 25.4. The van der Waals surface area contributed by atoms with Gasteiger partial charge in [0.1, 0.15) is 10.8 Å². The van der Waals surface area contributed by atoms with Gasteiger partial charge in [0.05, 0.1) is 15.6 Å². The summed E-state index contributed by atoms with van der Waals surface area (Å²) in [5.41, 5.74) is 0.345. The molecule has 8 heteroatoms. The van der Waals surface area contributed by atoms with Gasteiger partial charge in [-0.2, -0.15) is 0 Å². The van der Waals surface area contributed by atoms with Crippen LogP contribution in [-0.2, 0) is 0 Å². The van der Waals surface area contributed by atoms with Crippen molar-refractivity contribution in [2.75, 3.05) is 5.32 Å². The monoisotopic (exact) mass is 332 g/mol. The molecule has 5 nitrogen and oxygen atoms in total. The highest BCUT2D eigenvalue weighted by Crippen LogP contribution is 2.24. The van der Waals surface area contributed by atoms with E-state index in [2.05, 4.69) is 10.3 Å². The predicted octanol–water partition coefficient (Wildman–Crippen LogP) is 3.93. The molecular weight excluding hydrogens is 327 g/mol. The summed E-state index contributed by atoms with van der Waals surface area (Å²) in [6, 6.07) is 5.50. The molecule has 20 heavy (non-hydrogen) atoms. The van der Waals surface area contributed by atoms with E-state index in [1.54, 1.807) is 0 Å². The number of carbonyl (C=O) groups excluding carboxylic acids is 1. The van der Waals surface area contributed by atoms with Gasteiger partial charge in [0.25, 0.3) is 5.91 Å². The van der Waals surface area contributed by atoms with Crippen molar-refractivity contribution in [3.63, 3.8) is 0 Å². The van der Waals surface area contributed by atoms with Crippen LogP contribution in [0.1, 0.15) is 20.8 Å². The van der Waals surface area contributed by atoms with Crippen molar-refractivity contribution >= 4 is 52.4 Å². The highest BCUT2D eigenvalue weighted by Gasteiger charge is 2.14. The molecular formula is C12H7Cl3N2O3. The van der Waals surface area contributed by atoms with Crippen LogP contribution in [0.15, 0.2) is 24.3 Å². The molecule has 2 rings (SSSR count). The van der Waals surface area contributed by atoms with Crippen molar-refractivity contribution in [1.29, 1.82) is 0 Å². The summed E-state index contributed by atoms with van der Waals surface area (Å²) in [6.45, 7) is 0. The lowest BCUT2D eigenvalue weighted by Gasteiger charge is -2.06. The number of hydrogen-bond acceptors (Lipinski definition) is 2. The van der Waals surface area contributed by atoms with Gasteiger partial charge in [0.2, 0.25) is 0 Å². The number of aromatic carboxylic acids is 1. The van der Waals surface area contributed by atoms with Crippen molar-refractivity contribution < 1.29 is 14.7 Å². The maximum absolute atomic E-state index is 11.9. The smallest absolute Gasteiger partial charge is 0.337 e. The van der Waals surface area contributed by atoms with Gasteiger partial charge in [-0.3, -0.25) is 4.79 Å². The summed E-state index contributed by atoms with van der Waals surface area (Å²) in [6.07, 6.45) is 0. The first-order valence-electron chi connectivity index (χ1n) is 5.26. The molecule has 0 spiro atoms. The summed E-state index contributed by atoms with van der Waals surface area (Å²) in [5, 5.41) is 11.9. The standard InChI is InChI=1S/C12H7Cl3N2O3/c13-7-2-1-5(3-6(7)12(19)20)16-11(18)9-4-8(14)10(15)17-9/h1-4,17H,(H,16,18)(H,19,20). The topological polar surface area (TPSA) is 82.2 Å². The summed E-state index contributed by atoms with van der Waals surface area (Å²) in [7, 11) is 0. The molecule has 1 amide bonds. The Labute approximate surface area is 128 Å². The largest absolute Gasteiger partial charge is 0.478 e. The summed E-state index contributed by atoms with van der Waals surface area (Å²) in [5.74, 6) is -1.69. The normalized spacial score (nSPS) is 10.3. The maximum Gasteiger partial charge on any atom is 0.337 e. The number of aromatic nitrogens is 1. The van der Waals surface area contributed by atoms with E-state index in [-0.39, 0.29) is 26.5 Å². The average Bonchev–Trinajstić information content (AvgIpc) is 2.72. The van der Waals surface area contributed by atoms with Crippen molar-refractivity contribution in [3.8, 4) is 0 Å². The van der Waals surface area contributed by atoms with E-state index in [1.165, 1.54) is 24.3 Å². The second kappa shape index (κ2) is 5.75. The van der Waals surface area contributed by atoms with Gasteiger partial charge < -0.3 is 15.4 Å². The molecule has 0 saturated heterocycles. The number of H-pyrrole nitrogens is 1. The molecule has 3 N–H and O–H groups in total. The first kappa shape index (κ1) is 14.7. The van der Waals surface area contributed by atoms with Crippen LogP contribution in [0.2, 0.25) is 15.2 Å². The summed E-state index contributed by atoms with van der Waals surface area (Å²) >= 11 is 17.2. The van der Waals surface area contributed by atoms with Gasteiger partial charge in [0, 0.05) is 5.69 Å². The molecule has 0 radical (unpaired) electrons. The number of rotatable bonds is 3. The fourth-order valence-electron chi connectivity index (χ4n) is 1.49. The number of amides is 1. The van der Waals surface area contributed by atoms with E-state index in [0.29, 0.717) is 5.69 Å². The number of aromatic amines is 1. The Bertz CT molecular complexity index is 678. The summed E-state index contributed by atoms with van der Waals surface area (Å²) < 4.78 is 0. The zero-order chi connectivity index (χ0) is 14.9. The molecule has 0 atom stereocenters. The first-order chi connectivity index (χ1) is 9.38. The molecule has 0 unspecified atom stereocenters. The zero-order valence-electron chi connectivity index (χ0n) is 9.71. The Morgan fingerprint density at radius 3 is 2.35 bits per heavy atom.